The maximum atomic E-state index is 3.56. The SMILES string of the molecule is CCC(C)NCCN(C)C1CCCN(C)C1. The zero-order valence-corrected chi connectivity index (χ0v) is 11.5. The van der Waals surface area contributed by atoms with E-state index in [1.165, 1.54) is 38.9 Å². The van der Waals surface area contributed by atoms with Gasteiger partial charge in [-0.1, -0.05) is 6.92 Å². The van der Waals surface area contributed by atoms with E-state index in [9.17, 15) is 0 Å². The van der Waals surface area contributed by atoms with Gasteiger partial charge < -0.3 is 15.1 Å². The fraction of sp³-hybridized carbons (Fsp3) is 1.00. The van der Waals surface area contributed by atoms with E-state index in [4.69, 9.17) is 0 Å². The van der Waals surface area contributed by atoms with Crippen LogP contribution in [0.25, 0.3) is 0 Å². The van der Waals surface area contributed by atoms with Gasteiger partial charge in [0.15, 0.2) is 0 Å². The molecule has 0 aromatic rings. The Hall–Kier alpha value is -0.120. The molecule has 1 fully saturated rings. The van der Waals surface area contributed by atoms with Crippen LogP contribution in [0.15, 0.2) is 0 Å². The molecule has 3 heteroatoms. The largest absolute Gasteiger partial charge is 0.313 e. The smallest absolute Gasteiger partial charge is 0.0221 e. The van der Waals surface area contributed by atoms with Gasteiger partial charge in [-0.05, 0) is 46.8 Å². The molecule has 1 N–H and O–H groups in total. The van der Waals surface area contributed by atoms with Gasteiger partial charge in [-0.2, -0.15) is 0 Å². The summed E-state index contributed by atoms with van der Waals surface area (Å²) >= 11 is 0. The minimum atomic E-state index is 0.655. The number of nitrogens with one attached hydrogen (secondary N) is 1. The molecule has 2 unspecified atom stereocenters. The first-order valence-corrected chi connectivity index (χ1v) is 6.75. The third-order valence-electron chi connectivity index (χ3n) is 3.79. The molecule has 16 heavy (non-hydrogen) atoms. The van der Waals surface area contributed by atoms with Crippen LogP contribution in [0.3, 0.4) is 0 Å². The molecule has 0 spiro atoms. The second kappa shape index (κ2) is 7.25. The third-order valence-corrected chi connectivity index (χ3v) is 3.79. The molecule has 0 aromatic carbocycles. The quantitative estimate of drug-likeness (QED) is 0.740. The standard InChI is InChI=1S/C13H29N3/c1-5-12(2)14-8-10-16(4)13-7-6-9-15(3)11-13/h12-14H,5-11H2,1-4H3. The van der Waals surface area contributed by atoms with E-state index in [2.05, 4.69) is 43.1 Å². The van der Waals surface area contributed by atoms with E-state index in [1.54, 1.807) is 0 Å². The first kappa shape index (κ1) is 13.9. The molecule has 0 aliphatic carbocycles. The van der Waals surface area contributed by atoms with Crippen molar-refractivity contribution in [3.8, 4) is 0 Å². The zero-order valence-electron chi connectivity index (χ0n) is 11.5. The van der Waals surface area contributed by atoms with Crippen molar-refractivity contribution in [2.24, 2.45) is 0 Å². The van der Waals surface area contributed by atoms with E-state index >= 15 is 0 Å². The molecule has 1 rings (SSSR count). The summed E-state index contributed by atoms with van der Waals surface area (Å²) in [5, 5.41) is 3.56. The lowest BCUT2D eigenvalue weighted by molar-refractivity contribution is 0.134. The summed E-state index contributed by atoms with van der Waals surface area (Å²) in [6.07, 6.45) is 3.93. The zero-order chi connectivity index (χ0) is 12.0. The Kier molecular flexibility index (Phi) is 6.32. The molecule has 2 atom stereocenters. The predicted molar refractivity (Wildman–Crippen MR) is 70.9 cm³/mol. The van der Waals surface area contributed by atoms with Gasteiger partial charge in [0.05, 0.1) is 0 Å². The molecule has 96 valence electrons. The average molecular weight is 227 g/mol. The monoisotopic (exact) mass is 227 g/mol. The lowest BCUT2D eigenvalue weighted by Gasteiger charge is -2.36. The molecule has 0 amide bonds. The molecular formula is C13H29N3. The summed E-state index contributed by atoms with van der Waals surface area (Å²) in [7, 11) is 4.50. The fourth-order valence-corrected chi connectivity index (χ4v) is 2.31. The fourth-order valence-electron chi connectivity index (χ4n) is 2.31. The van der Waals surface area contributed by atoms with Gasteiger partial charge in [0.2, 0.25) is 0 Å². The van der Waals surface area contributed by atoms with E-state index in [0.717, 1.165) is 12.6 Å². The highest BCUT2D eigenvalue weighted by Crippen LogP contribution is 2.12. The highest BCUT2D eigenvalue weighted by Gasteiger charge is 2.20. The Labute approximate surface area is 101 Å². The molecule has 1 saturated heterocycles. The van der Waals surface area contributed by atoms with Gasteiger partial charge in [-0.25, -0.2) is 0 Å². The van der Waals surface area contributed by atoms with Crippen LogP contribution in [0.1, 0.15) is 33.1 Å². The molecule has 3 nitrogen and oxygen atoms in total. The first-order valence-electron chi connectivity index (χ1n) is 6.75. The van der Waals surface area contributed by atoms with Crippen LogP contribution in [0.4, 0.5) is 0 Å². The molecule has 0 radical (unpaired) electrons. The van der Waals surface area contributed by atoms with Gasteiger partial charge in [-0.3, -0.25) is 0 Å². The summed E-state index contributed by atoms with van der Waals surface area (Å²) in [5.74, 6) is 0. The van der Waals surface area contributed by atoms with Gasteiger partial charge in [0.25, 0.3) is 0 Å². The van der Waals surface area contributed by atoms with Gasteiger partial charge in [-0.15, -0.1) is 0 Å². The first-order chi connectivity index (χ1) is 7.63. The number of rotatable bonds is 6. The molecule has 0 bridgehead atoms. The summed E-state index contributed by atoms with van der Waals surface area (Å²) in [4.78, 5) is 4.97. The van der Waals surface area contributed by atoms with Crippen molar-refractivity contribution in [1.29, 1.82) is 0 Å². The maximum absolute atomic E-state index is 3.56. The Balaban J connectivity index is 2.16. The van der Waals surface area contributed by atoms with Crippen molar-refractivity contribution < 1.29 is 0 Å². The van der Waals surface area contributed by atoms with Crippen LogP contribution in [0.2, 0.25) is 0 Å². The van der Waals surface area contributed by atoms with Crippen molar-refractivity contribution in [1.82, 2.24) is 15.1 Å². The number of likely N-dealkylation sites (N-methyl/N-ethyl adjacent to an activating group) is 2. The second-order valence-corrected chi connectivity index (χ2v) is 5.30. The van der Waals surface area contributed by atoms with Crippen molar-refractivity contribution >= 4 is 0 Å². The minimum absolute atomic E-state index is 0.655. The van der Waals surface area contributed by atoms with Crippen molar-refractivity contribution in [2.75, 3.05) is 40.3 Å². The van der Waals surface area contributed by atoms with E-state index in [-0.39, 0.29) is 0 Å². The normalized spacial score (nSPS) is 24.9. The lowest BCUT2D eigenvalue weighted by atomic mass is 10.1. The third kappa shape index (κ3) is 4.81. The summed E-state index contributed by atoms with van der Waals surface area (Å²) in [6.45, 7) is 9.29. The van der Waals surface area contributed by atoms with Gasteiger partial charge >= 0.3 is 0 Å². The van der Waals surface area contributed by atoms with Crippen LogP contribution in [-0.2, 0) is 0 Å². The molecule has 0 aromatic heterocycles. The number of hydrogen-bond acceptors (Lipinski definition) is 3. The summed E-state index contributed by atoms with van der Waals surface area (Å²) in [6, 6.07) is 1.42. The average Bonchev–Trinajstić information content (AvgIpc) is 2.28. The van der Waals surface area contributed by atoms with E-state index < -0.39 is 0 Å². The second-order valence-electron chi connectivity index (χ2n) is 5.30. The Morgan fingerprint density at radius 2 is 2.25 bits per heavy atom. The van der Waals surface area contributed by atoms with Crippen LogP contribution >= 0.6 is 0 Å². The maximum Gasteiger partial charge on any atom is 0.0221 e. The predicted octanol–water partition coefficient (Wildman–Crippen LogP) is 1.40. The molecule has 1 heterocycles. The number of piperidine rings is 1. The van der Waals surface area contributed by atoms with Gasteiger partial charge in [0.1, 0.15) is 0 Å². The number of hydrogen-bond donors (Lipinski definition) is 1. The Bertz CT molecular complexity index is 184. The van der Waals surface area contributed by atoms with Crippen LogP contribution < -0.4 is 5.32 Å². The molecule has 1 aliphatic rings. The number of likely N-dealkylation sites (tertiary alicyclic amines) is 1. The van der Waals surface area contributed by atoms with Gasteiger partial charge in [0, 0.05) is 31.7 Å². The highest BCUT2D eigenvalue weighted by atomic mass is 15.2. The van der Waals surface area contributed by atoms with E-state index in [0.29, 0.717) is 6.04 Å². The topological polar surface area (TPSA) is 18.5 Å². The summed E-state index contributed by atoms with van der Waals surface area (Å²) < 4.78 is 0. The summed E-state index contributed by atoms with van der Waals surface area (Å²) in [5.41, 5.74) is 0. The Morgan fingerprint density at radius 1 is 1.50 bits per heavy atom. The number of nitrogens with zero attached hydrogens (tertiary/aromatic N) is 2. The van der Waals surface area contributed by atoms with Crippen molar-refractivity contribution in [3.63, 3.8) is 0 Å². The highest BCUT2D eigenvalue weighted by molar-refractivity contribution is 4.78. The lowest BCUT2D eigenvalue weighted by Crippen LogP contribution is -2.47. The van der Waals surface area contributed by atoms with Crippen LogP contribution in [-0.4, -0.2) is 62.2 Å². The van der Waals surface area contributed by atoms with Crippen LogP contribution in [0, 0.1) is 0 Å². The molecule has 1 aliphatic heterocycles. The molecular weight excluding hydrogens is 198 g/mol. The van der Waals surface area contributed by atoms with Crippen LogP contribution in [0.5, 0.6) is 0 Å². The van der Waals surface area contributed by atoms with E-state index in [1.807, 2.05) is 0 Å². The van der Waals surface area contributed by atoms with Crippen molar-refractivity contribution in [2.45, 2.75) is 45.2 Å². The van der Waals surface area contributed by atoms with Crippen molar-refractivity contribution in [3.05, 3.63) is 0 Å². The Morgan fingerprint density at radius 3 is 2.88 bits per heavy atom. The molecule has 0 saturated carbocycles. The minimum Gasteiger partial charge on any atom is -0.313 e.